The molecular weight excluding hydrogens is 307 g/mol. The molecule has 0 bridgehead atoms. The van der Waals surface area contributed by atoms with Gasteiger partial charge in [0.15, 0.2) is 6.29 Å². The largest absolute Gasteiger partial charge is 0.480 e. The van der Waals surface area contributed by atoms with Crippen LogP contribution in [0, 0.1) is 3.57 Å². The van der Waals surface area contributed by atoms with Gasteiger partial charge in [0.05, 0.1) is 12.7 Å². The highest BCUT2D eigenvalue weighted by Crippen LogP contribution is 2.26. The zero-order valence-corrected chi connectivity index (χ0v) is 9.29. The van der Waals surface area contributed by atoms with Crippen LogP contribution in [0.4, 0.5) is 8.78 Å². The van der Waals surface area contributed by atoms with E-state index in [1.54, 1.807) is 22.6 Å². The fourth-order valence-corrected chi connectivity index (χ4v) is 1.57. The lowest BCUT2D eigenvalue weighted by molar-refractivity contribution is 0.111. The maximum absolute atomic E-state index is 12.3. The first-order chi connectivity index (χ1) is 6.60. The minimum Gasteiger partial charge on any atom is -0.480 e. The molecule has 0 aliphatic rings. The SMILES string of the molecule is COc1nc(C(F)F)cc(I)c1C=O. The van der Waals surface area contributed by atoms with Gasteiger partial charge in [-0.1, -0.05) is 0 Å². The molecule has 1 heterocycles. The van der Waals surface area contributed by atoms with Gasteiger partial charge in [0.1, 0.15) is 5.69 Å². The highest BCUT2D eigenvalue weighted by molar-refractivity contribution is 14.1. The Kier molecular flexibility index (Phi) is 3.73. The molecule has 1 rings (SSSR count). The Morgan fingerprint density at radius 1 is 1.64 bits per heavy atom. The van der Waals surface area contributed by atoms with Gasteiger partial charge in [0, 0.05) is 3.57 Å². The molecule has 0 amide bonds. The quantitative estimate of drug-likeness (QED) is 0.635. The Labute approximate surface area is 92.6 Å². The Morgan fingerprint density at radius 2 is 2.29 bits per heavy atom. The van der Waals surface area contributed by atoms with Gasteiger partial charge >= 0.3 is 0 Å². The van der Waals surface area contributed by atoms with E-state index in [0.717, 1.165) is 6.07 Å². The Morgan fingerprint density at radius 3 is 2.71 bits per heavy atom. The van der Waals surface area contributed by atoms with E-state index in [1.165, 1.54) is 7.11 Å². The summed E-state index contributed by atoms with van der Waals surface area (Å²) in [4.78, 5) is 14.1. The summed E-state index contributed by atoms with van der Waals surface area (Å²) in [5.41, 5.74) is -0.200. The number of carbonyl (C=O) groups excluding carboxylic acids is 1. The number of aldehydes is 1. The predicted octanol–water partition coefficient (Wildman–Crippen LogP) is 2.44. The average molecular weight is 313 g/mol. The molecule has 1 aromatic rings. The molecule has 0 N–H and O–H groups in total. The van der Waals surface area contributed by atoms with Gasteiger partial charge in [-0.15, -0.1) is 0 Å². The van der Waals surface area contributed by atoms with Crippen LogP contribution in [0.25, 0.3) is 0 Å². The number of hydrogen-bond acceptors (Lipinski definition) is 3. The number of alkyl halides is 2. The molecule has 0 saturated heterocycles. The first-order valence-corrected chi connectivity index (χ1v) is 4.65. The highest BCUT2D eigenvalue weighted by Gasteiger charge is 2.16. The first kappa shape index (κ1) is 11.3. The molecule has 0 aliphatic carbocycles. The molecule has 0 aliphatic heterocycles. The predicted molar refractivity (Wildman–Crippen MR) is 53.9 cm³/mol. The van der Waals surface area contributed by atoms with Crippen LogP contribution in [-0.2, 0) is 0 Å². The summed E-state index contributed by atoms with van der Waals surface area (Å²) in [6, 6.07) is 1.16. The molecule has 0 aromatic carbocycles. The monoisotopic (exact) mass is 313 g/mol. The minimum atomic E-state index is -2.67. The normalized spacial score (nSPS) is 10.4. The number of carbonyl (C=O) groups is 1. The molecule has 76 valence electrons. The van der Waals surface area contributed by atoms with Crippen LogP contribution < -0.4 is 4.74 Å². The molecular formula is C8H6F2INO2. The van der Waals surface area contributed by atoms with Gasteiger partial charge in [0.2, 0.25) is 5.88 Å². The van der Waals surface area contributed by atoms with Crippen molar-refractivity contribution in [2.24, 2.45) is 0 Å². The molecule has 0 spiro atoms. The van der Waals surface area contributed by atoms with Crippen LogP contribution >= 0.6 is 22.6 Å². The van der Waals surface area contributed by atoms with Crippen LogP contribution in [-0.4, -0.2) is 18.4 Å². The van der Waals surface area contributed by atoms with Gasteiger partial charge in [0.25, 0.3) is 6.43 Å². The zero-order valence-electron chi connectivity index (χ0n) is 7.13. The molecule has 1 aromatic heterocycles. The van der Waals surface area contributed by atoms with Crippen molar-refractivity contribution in [2.45, 2.75) is 6.43 Å². The summed E-state index contributed by atoms with van der Waals surface area (Å²) in [6.45, 7) is 0. The Bertz CT molecular complexity index is 357. The van der Waals surface area contributed by atoms with Crippen molar-refractivity contribution in [3.8, 4) is 5.88 Å². The lowest BCUT2D eigenvalue weighted by atomic mass is 10.2. The van der Waals surface area contributed by atoms with Crippen LogP contribution in [0.15, 0.2) is 6.07 Å². The number of hydrogen-bond donors (Lipinski definition) is 0. The summed E-state index contributed by atoms with van der Waals surface area (Å²) < 4.78 is 29.7. The molecule has 0 unspecified atom stereocenters. The van der Waals surface area contributed by atoms with Crippen LogP contribution in [0.1, 0.15) is 22.5 Å². The van der Waals surface area contributed by atoms with Gasteiger partial charge in [-0.05, 0) is 28.7 Å². The van der Waals surface area contributed by atoms with Crippen molar-refractivity contribution in [2.75, 3.05) is 7.11 Å². The van der Waals surface area contributed by atoms with Crippen molar-refractivity contribution in [3.63, 3.8) is 0 Å². The van der Waals surface area contributed by atoms with E-state index in [9.17, 15) is 13.6 Å². The number of nitrogens with zero attached hydrogens (tertiary/aromatic N) is 1. The minimum absolute atomic E-state index is 0.0674. The first-order valence-electron chi connectivity index (χ1n) is 3.58. The molecule has 6 heteroatoms. The summed E-state index contributed by atoms with van der Waals surface area (Å²) >= 11 is 1.78. The fourth-order valence-electron chi connectivity index (χ4n) is 0.894. The van der Waals surface area contributed by atoms with E-state index in [0.29, 0.717) is 9.86 Å². The fraction of sp³-hybridized carbons (Fsp3) is 0.250. The third-order valence-electron chi connectivity index (χ3n) is 1.53. The maximum atomic E-state index is 12.3. The number of methoxy groups -OCH3 is 1. The second-order valence-electron chi connectivity index (χ2n) is 2.37. The number of pyridine rings is 1. The van der Waals surface area contributed by atoms with Gasteiger partial charge in [-0.25, -0.2) is 13.8 Å². The molecule has 0 radical (unpaired) electrons. The summed E-state index contributed by atoms with van der Waals surface area (Å²) in [6.07, 6.45) is -2.14. The number of halogens is 3. The standard InChI is InChI=1S/C8H6F2INO2/c1-14-8-4(3-13)5(11)2-6(12-8)7(9)10/h2-3,7H,1H3. The third-order valence-corrected chi connectivity index (χ3v) is 2.42. The summed E-state index contributed by atoms with van der Waals surface area (Å²) in [7, 11) is 1.28. The van der Waals surface area contributed by atoms with Crippen molar-refractivity contribution in [3.05, 3.63) is 20.9 Å². The van der Waals surface area contributed by atoms with Crippen LogP contribution in [0.3, 0.4) is 0 Å². The van der Waals surface area contributed by atoms with E-state index in [-0.39, 0.29) is 11.4 Å². The maximum Gasteiger partial charge on any atom is 0.280 e. The van der Waals surface area contributed by atoms with Crippen LogP contribution in [0.5, 0.6) is 5.88 Å². The van der Waals surface area contributed by atoms with Gasteiger partial charge in [-0.2, -0.15) is 0 Å². The lowest BCUT2D eigenvalue weighted by Crippen LogP contribution is -2.01. The van der Waals surface area contributed by atoms with Gasteiger partial charge < -0.3 is 4.74 Å². The second-order valence-corrected chi connectivity index (χ2v) is 3.53. The summed E-state index contributed by atoms with van der Waals surface area (Å²) in [5.74, 6) is -0.0674. The van der Waals surface area contributed by atoms with Crippen molar-refractivity contribution < 1.29 is 18.3 Å². The van der Waals surface area contributed by atoms with Gasteiger partial charge in [-0.3, -0.25) is 4.79 Å². The zero-order chi connectivity index (χ0) is 10.7. The third kappa shape index (κ3) is 2.17. The van der Waals surface area contributed by atoms with Crippen molar-refractivity contribution in [1.82, 2.24) is 4.98 Å². The number of rotatable bonds is 3. The van der Waals surface area contributed by atoms with Crippen LogP contribution in [0.2, 0.25) is 0 Å². The van der Waals surface area contributed by atoms with Crippen molar-refractivity contribution in [1.29, 1.82) is 0 Å². The number of aromatic nitrogens is 1. The highest BCUT2D eigenvalue weighted by atomic mass is 127. The molecule has 3 nitrogen and oxygen atoms in total. The van der Waals surface area contributed by atoms with E-state index >= 15 is 0 Å². The van der Waals surface area contributed by atoms with E-state index in [4.69, 9.17) is 4.74 Å². The Hall–Kier alpha value is -0.790. The Balaban J connectivity index is 3.31. The van der Waals surface area contributed by atoms with Crippen molar-refractivity contribution >= 4 is 28.9 Å². The van der Waals surface area contributed by atoms with E-state index in [2.05, 4.69) is 4.98 Å². The average Bonchev–Trinajstić information content (AvgIpc) is 2.16. The second kappa shape index (κ2) is 4.63. The van der Waals surface area contributed by atoms with E-state index < -0.39 is 12.1 Å². The molecule has 0 fully saturated rings. The molecule has 0 atom stereocenters. The smallest absolute Gasteiger partial charge is 0.280 e. The molecule has 0 saturated carbocycles. The lowest BCUT2D eigenvalue weighted by Gasteiger charge is -2.07. The number of ether oxygens (including phenoxy) is 1. The van der Waals surface area contributed by atoms with E-state index in [1.807, 2.05) is 0 Å². The summed E-state index contributed by atoms with van der Waals surface area (Å²) in [5, 5.41) is 0. The molecule has 14 heavy (non-hydrogen) atoms. The topological polar surface area (TPSA) is 39.2 Å².